The van der Waals surface area contributed by atoms with Gasteiger partial charge in [0.25, 0.3) is 5.91 Å². The molecule has 0 bridgehead atoms. The molecule has 1 aromatic heterocycles. The van der Waals surface area contributed by atoms with Crippen LogP contribution in [0.1, 0.15) is 27.2 Å². The van der Waals surface area contributed by atoms with Gasteiger partial charge in [-0.2, -0.15) is 0 Å². The molecular weight excluding hydrogens is 348 g/mol. The number of aryl methyl sites for hydroxylation is 2. The molecule has 0 fully saturated rings. The normalized spacial score (nSPS) is 10.4. The van der Waals surface area contributed by atoms with Gasteiger partial charge in [-0.25, -0.2) is 9.97 Å². The Hall–Kier alpha value is -2.92. The van der Waals surface area contributed by atoms with Crippen LogP contribution < -0.4 is 10.6 Å². The largest absolute Gasteiger partial charge is 0.366 e. The second-order valence-corrected chi connectivity index (χ2v) is 6.43. The van der Waals surface area contributed by atoms with Gasteiger partial charge in [0.15, 0.2) is 0 Å². The van der Waals surface area contributed by atoms with Crippen LogP contribution in [0.5, 0.6) is 0 Å². The molecule has 3 aromatic rings. The minimum atomic E-state index is -0.264. The summed E-state index contributed by atoms with van der Waals surface area (Å²) in [6, 6.07) is 15.1. The van der Waals surface area contributed by atoms with Gasteiger partial charge in [0.05, 0.1) is 0 Å². The number of benzene rings is 2. The van der Waals surface area contributed by atoms with E-state index in [1.165, 1.54) is 6.33 Å². The number of aromatic nitrogens is 2. The molecule has 3 rings (SSSR count). The summed E-state index contributed by atoms with van der Waals surface area (Å²) in [6.07, 6.45) is 1.38. The number of carbonyl (C=O) groups is 1. The standard InChI is InChI=1S/C20H19ClN4O/c1-13-4-3-5-14(2)19(13)25-20(26)17-10-18(24-12-23-17)22-11-15-6-8-16(21)9-7-15/h3-10,12H,11H2,1-2H3,(H,25,26)(H,22,23,24). The van der Waals surface area contributed by atoms with Crippen LogP contribution in [0.15, 0.2) is 54.9 Å². The lowest BCUT2D eigenvalue weighted by molar-refractivity contribution is 0.102. The van der Waals surface area contributed by atoms with Crippen LogP contribution in [0, 0.1) is 13.8 Å². The highest BCUT2D eigenvalue weighted by Crippen LogP contribution is 2.20. The average molecular weight is 367 g/mol. The highest BCUT2D eigenvalue weighted by atomic mass is 35.5. The zero-order valence-electron chi connectivity index (χ0n) is 14.6. The summed E-state index contributed by atoms with van der Waals surface area (Å²) in [5, 5.41) is 6.81. The quantitative estimate of drug-likeness (QED) is 0.691. The van der Waals surface area contributed by atoms with Crippen molar-refractivity contribution in [3.05, 3.63) is 82.3 Å². The molecule has 26 heavy (non-hydrogen) atoms. The van der Waals surface area contributed by atoms with Crippen molar-refractivity contribution in [3.63, 3.8) is 0 Å². The van der Waals surface area contributed by atoms with Crippen molar-refractivity contribution in [3.8, 4) is 0 Å². The fourth-order valence-electron chi connectivity index (χ4n) is 2.56. The fraction of sp³-hybridized carbons (Fsp3) is 0.150. The predicted octanol–water partition coefficient (Wildman–Crippen LogP) is 4.61. The maximum atomic E-state index is 12.5. The van der Waals surface area contributed by atoms with Gasteiger partial charge in [-0.15, -0.1) is 0 Å². The zero-order valence-corrected chi connectivity index (χ0v) is 15.3. The van der Waals surface area contributed by atoms with Crippen molar-refractivity contribution in [1.82, 2.24) is 9.97 Å². The first-order valence-electron chi connectivity index (χ1n) is 8.21. The second kappa shape index (κ2) is 7.97. The van der Waals surface area contributed by atoms with E-state index in [9.17, 15) is 4.79 Å². The van der Waals surface area contributed by atoms with E-state index in [1.54, 1.807) is 6.07 Å². The molecule has 6 heteroatoms. The number of nitrogens with one attached hydrogen (secondary N) is 2. The second-order valence-electron chi connectivity index (χ2n) is 5.99. The summed E-state index contributed by atoms with van der Waals surface area (Å²) in [5.74, 6) is 0.320. The lowest BCUT2D eigenvalue weighted by Gasteiger charge is -2.11. The van der Waals surface area contributed by atoms with Crippen molar-refractivity contribution < 1.29 is 4.79 Å². The molecule has 0 aliphatic heterocycles. The highest BCUT2D eigenvalue weighted by Gasteiger charge is 2.12. The number of rotatable bonds is 5. The molecule has 0 saturated heterocycles. The van der Waals surface area contributed by atoms with Crippen molar-refractivity contribution in [2.45, 2.75) is 20.4 Å². The van der Waals surface area contributed by atoms with E-state index in [1.807, 2.05) is 56.3 Å². The molecule has 132 valence electrons. The van der Waals surface area contributed by atoms with Crippen molar-refractivity contribution in [2.24, 2.45) is 0 Å². The van der Waals surface area contributed by atoms with E-state index >= 15 is 0 Å². The van der Waals surface area contributed by atoms with Crippen LogP contribution in [0.4, 0.5) is 11.5 Å². The van der Waals surface area contributed by atoms with Crippen LogP contribution in [-0.2, 0) is 6.54 Å². The maximum absolute atomic E-state index is 12.5. The number of hydrogen-bond acceptors (Lipinski definition) is 4. The van der Waals surface area contributed by atoms with Crippen LogP contribution in [0.25, 0.3) is 0 Å². The Morgan fingerprint density at radius 1 is 1.04 bits per heavy atom. The molecule has 0 radical (unpaired) electrons. The number of para-hydroxylation sites is 1. The van der Waals surface area contributed by atoms with E-state index in [-0.39, 0.29) is 5.91 Å². The van der Waals surface area contributed by atoms with Gasteiger partial charge in [0, 0.05) is 23.3 Å². The molecule has 0 aliphatic carbocycles. The molecule has 2 aromatic carbocycles. The van der Waals surface area contributed by atoms with Gasteiger partial charge in [-0.1, -0.05) is 41.9 Å². The van der Waals surface area contributed by atoms with E-state index in [2.05, 4.69) is 20.6 Å². The summed E-state index contributed by atoms with van der Waals surface area (Å²) in [5.41, 5.74) is 4.20. The van der Waals surface area contributed by atoms with Crippen molar-refractivity contribution in [2.75, 3.05) is 10.6 Å². The minimum Gasteiger partial charge on any atom is -0.366 e. The summed E-state index contributed by atoms with van der Waals surface area (Å²) in [4.78, 5) is 20.8. The van der Waals surface area contributed by atoms with Gasteiger partial charge in [0.1, 0.15) is 17.8 Å². The first-order chi connectivity index (χ1) is 12.5. The van der Waals surface area contributed by atoms with Crippen LogP contribution in [-0.4, -0.2) is 15.9 Å². The third-order valence-electron chi connectivity index (χ3n) is 4.01. The average Bonchev–Trinajstić information content (AvgIpc) is 2.64. The number of carbonyl (C=O) groups excluding carboxylic acids is 1. The number of hydrogen-bond donors (Lipinski definition) is 2. The molecule has 0 spiro atoms. The minimum absolute atomic E-state index is 0.264. The molecule has 2 N–H and O–H groups in total. The monoisotopic (exact) mass is 366 g/mol. The third kappa shape index (κ3) is 4.37. The molecular formula is C20H19ClN4O. The molecule has 0 atom stereocenters. The summed E-state index contributed by atoms with van der Waals surface area (Å²) >= 11 is 5.89. The van der Waals surface area contributed by atoms with Gasteiger partial charge >= 0.3 is 0 Å². The summed E-state index contributed by atoms with van der Waals surface area (Å²) in [6.45, 7) is 4.50. The summed E-state index contributed by atoms with van der Waals surface area (Å²) in [7, 11) is 0. The van der Waals surface area contributed by atoms with Crippen LogP contribution >= 0.6 is 11.6 Å². The number of amides is 1. The number of halogens is 1. The van der Waals surface area contributed by atoms with E-state index < -0.39 is 0 Å². The Morgan fingerprint density at radius 2 is 1.73 bits per heavy atom. The Bertz CT molecular complexity index is 905. The fourth-order valence-corrected chi connectivity index (χ4v) is 2.69. The van der Waals surface area contributed by atoms with Crippen LogP contribution in [0.3, 0.4) is 0 Å². The van der Waals surface area contributed by atoms with E-state index in [4.69, 9.17) is 11.6 Å². The predicted molar refractivity (Wildman–Crippen MR) is 105 cm³/mol. The smallest absolute Gasteiger partial charge is 0.274 e. The number of anilines is 2. The SMILES string of the molecule is Cc1cccc(C)c1NC(=O)c1cc(NCc2ccc(Cl)cc2)ncn1. The molecule has 5 nitrogen and oxygen atoms in total. The maximum Gasteiger partial charge on any atom is 0.274 e. The van der Waals surface area contributed by atoms with Gasteiger partial charge in [-0.05, 0) is 42.7 Å². The lowest BCUT2D eigenvalue weighted by Crippen LogP contribution is -2.16. The van der Waals surface area contributed by atoms with Crippen LogP contribution in [0.2, 0.25) is 5.02 Å². The molecule has 0 aliphatic rings. The topological polar surface area (TPSA) is 66.9 Å². The molecule has 0 unspecified atom stereocenters. The van der Waals surface area contributed by atoms with E-state index in [0.29, 0.717) is 23.1 Å². The van der Waals surface area contributed by atoms with Crippen molar-refractivity contribution in [1.29, 1.82) is 0 Å². The highest BCUT2D eigenvalue weighted by molar-refractivity contribution is 6.30. The Balaban J connectivity index is 1.70. The summed E-state index contributed by atoms with van der Waals surface area (Å²) < 4.78 is 0. The third-order valence-corrected chi connectivity index (χ3v) is 4.26. The van der Waals surface area contributed by atoms with Gasteiger partial charge < -0.3 is 10.6 Å². The zero-order chi connectivity index (χ0) is 18.5. The van der Waals surface area contributed by atoms with Gasteiger partial charge in [0.2, 0.25) is 0 Å². The van der Waals surface area contributed by atoms with Crippen molar-refractivity contribution >= 4 is 29.0 Å². The van der Waals surface area contributed by atoms with E-state index in [0.717, 1.165) is 22.4 Å². The first-order valence-corrected chi connectivity index (χ1v) is 8.58. The lowest BCUT2D eigenvalue weighted by atomic mass is 10.1. The Kier molecular flexibility index (Phi) is 5.49. The number of nitrogens with zero attached hydrogens (tertiary/aromatic N) is 2. The van der Waals surface area contributed by atoms with Gasteiger partial charge in [-0.3, -0.25) is 4.79 Å². The first kappa shape index (κ1) is 17.9. The molecule has 0 saturated carbocycles. The molecule has 1 heterocycles. The molecule has 1 amide bonds. The Morgan fingerprint density at radius 3 is 2.42 bits per heavy atom. The Labute approximate surface area is 157 Å².